The van der Waals surface area contributed by atoms with Crippen LogP contribution in [0.25, 0.3) is 0 Å². The van der Waals surface area contributed by atoms with E-state index >= 15 is 0 Å². The molecule has 0 saturated heterocycles. The second-order valence-electron chi connectivity index (χ2n) is 5.74. The highest BCUT2D eigenvalue weighted by molar-refractivity contribution is 5.98. The van der Waals surface area contributed by atoms with E-state index in [0.717, 1.165) is 24.6 Å². The average molecular weight is 352 g/mol. The van der Waals surface area contributed by atoms with Crippen LogP contribution in [0.3, 0.4) is 0 Å². The van der Waals surface area contributed by atoms with E-state index in [-0.39, 0.29) is 17.4 Å². The van der Waals surface area contributed by atoms with Gasteiger partial charge in [-0.3, -0.25) is 29.8 Å². The van der Waals surface area contributed by atoms with E-state index in [2.05, 4.69) is 10.6 Å². The summed E-state index contributed by atoms with van der Waals surface area (Å²) >= 11 is 0. The number of nitro groups is 2. The molecule has 136 valence electrons. The van der Waals surface area contributed by atoms with Gasteiger partial charge < -0.3 is 10.6 Å². The lowest BCUT2D eigenvalue weighted by molar-refractivity contribution is -0.394. The molecular formula is C15H20N4O6. The molecule has 1 aromatic rings. The van der Waals surface area contributed by atoms with Gasteiger partial charge in [0.05, 0.1) is 21.5 Å². The van der Waals surface area contributed by atoms with Gasteiger partial charge in [-0.05, 0) is 12.3 Å². The number of rotatable bonds is 8. The molecule has 0 aliphatic rings. The van der Waals surface area contributed by atoms with Gasteiger partial charge in [-0.2, -0.15) is 0 Å². The number of carbonyl (C=O) groups excluding carboxylic acids is 2. The van der Waals surface area contributed by atoms with Gasteiger partial charge in [0.15, 0.2) is 0 Å². The second-order valence-corrected chi connectivity index (χ2v) is 5.74. The van der Waals surface area contributed by atoms with Crippen molar-refractivity contribution in [2.75, 3.05) is 6.54 Å². The molecular weight excluding hydrogens is 332 g/mol. The standard InChI is InChI=1S/C15H20N4O6/c1-4-5-16-15(21)13(9(2)3)17-14(20)10-6-11(18(22)23)8-12(7-10)19(24)25/h6-9,13H,4-5H2,1-3H3,(H,16,21)(H,17,20). The SMILES string of the molecule is CCCNC(=O)C(NC(=O)c1cc([N+](=O)[O-])cc([N+](=O)[O-])c1)C(C)C. The summed E-state index contributed by atoms with van der Waals surface area (Å²) in [5.74, 6) is -1.42. The maximum absolute atomic E-state index is 12.4. The zero-order valence-electron chi connectivity index (χ0n) is 14.1. The van der Waals surface area contributed by atoms with Crippen LogP contribution in [0.5, 0.6) is 0 Å². The third-order valence-corrected chi connectivity index (χ3v) is 3.37. The van der Waals surface area contributed by atoms with Gasteiger partial charge in [0.2, 0.25) is 5.91 Å². The average Bonchev–Trinajstić information content (AvgIpc) is 2.56. The molecule has 1 atom stereocenters. The molecule has 1 unspecified atom stereocenters. The molecule has 0 radical (unpaired) electrons. The number of amides is 2. The van der Waals surface area contributed by atoms with Gasteiger partial charge in [-0.1, -0.05) is 20.8 Å². The Bertz CT molecular complexity index is 656. The maximum Gasteiger partial charge on any atom is 0.277 e. The molecule has 25 heavy (non-hydrogen) atoms. The lowest BCUT2D eigenvalue weighted by atomic mass is 10.0. The van der Waals surface area contributed by atoms with Gasteiger partial charge >= 0.3 is 0 Å². The first-order valence-corrected chi connectivity index (χ1v) is 7.69. The van der Waals surface area contributed by atoms with Crippen molar-refractivity contribution in [3.63, 3.8) is 0 Å². The largest absolute Gasteiger partial charge is 0.354 e. The van der Waals surface area contributed by atoms with Crippen molar-refractivity contribution in [2.45, 2.75) is 33.2 Å². The molecule has 0 heterocycles. The lowest BCUT2D eigenvalue weighted by Gasteiger charge is -2.21. The number of benzene rings is 1. The molecule has 0 bridgehead atoms. The second kappa shape index (κ2) is 8.71. The Morgan fingerprint density at radius 1 is 1.08 bits per heavy atom. The monoisotopic (exact) mass is 352 g/mol. The molecule has 2 N–H and O–H groups in total. The van der Waals surface area contributed by atoms with Crippen LogP contribution in [0.2, 0.25) is 0 Å². The summed E-state index contributed by atoms with van der Waals surface area (Å²) in [6.45, 7) is 5.78. The van der Waals surface area contributed by atoms with Crippen molar-refractivity contribution in [1.29, 1.82) is 0 Å². The Balaban J connectivity index is 3.10. The van der Waals surface area contributed by atoms with E-state index in [4.69, 9.17) is 0 Å². The molecule has 10 heteroatoms. The third kappa shape index (κ3) is 5.52. The summed E-state index contributed by atoms with van der Waals surface area (Å²) in [5, 5.41) is 26.9. The molecule has 1 aromatic carbocycles. The van der Waals surface area contributed by atoms with E-state index in [9.17, 15) is 29.8 Å². The van der Waals surface area contributed by atoms with Crippen molar-refractivity contribution < 1.29 is 19.4 Å². The molecule has 0 aliphatic carbocycles. The summed E-state index contributed by atoms with van der Waals surface area (Å²) in [4.78, 5) is 44.6. The van der Waals surface area contributed by atoms with Gasteiger partial charge in [0, 0.05) is 18.7 Å². The Morgan fingerprint density at radius 3 is 2.00 bits per heavy atom. The fourth-order valence-corrected chi connectivity index (χ4v) is 2.05. The first-order chi connectivity index (χ1) is 11.7. The fraction of sp³-hybridized carbons (Fsp3) is 0.467. The molecule has 2 amide bonds. The number of hydrogen-bond donors (Lipinski definition) is 2. The maximum atomic E-state index is 12.4. The van der Waals surface area contributed by atoms with Crippen molar-refractivity contribution in [2.24, 2.45) is 5.92 Å². The molecule has 10 nitrogen and oxygen atoms in total. The van der Waals surface area contributed by atoms with Crippen LogP contribution < -0.4 is 10.6 Å². The highest BCUT2D eigenvalue weighted by atomic mass is 16.6. The van der Waals surface area contributed by atoms with Crippen molar-refractivity contribution in [3.05, 3.63) is 44.0 Å². The Kier molecular flexibility index (Phi) is 6.97. The fourth-order valence-electron chi connectivity index (χ4n) is 2.05. The van der Waals surface area contributed by atoms with Crippen LogP contribution in [0.1, 0.15) is 37.6 Å². The smallest absolute Gasteiger partial charge is 0.277 e. The van der Waals surface area contributed by atoms with Crippen LogP contribution in [0.4, 0.5) is 11.4 Å². The van der Waals surface area contributed by atoms with Gasteiger partial charge in [0.25, 0.3) is 17.3 Å². The third-order valence-electron chi connectivity index (χ3n) is 3.37. The highest BCUT2D eigenvalue weighted by Gasteiger charge is 2.26. The molecule has 0 spiro atoms. The van der Waals surface area contributed by atoms with E-state index in [1.54, 1.807) is 13.8 Å². The Morgan fingerprint density at radius 2 is 1.60 bits per heavy atom. The summed E-state index contributed by atoms with van der Waals surface area (Å²) in [5.41, 5.74) is -1.40. The normalized spacial score (nSPS) is 11.7. The quantitative estimate of drug-likeness (QED) is 0.539. The first-order valence-electron chi connectivity index (χ1n) is 7.69. The molecule has 0 aromatic heterocycles. The lowest BCUT2D eigenvalue weighted by Crippen LogP contribution is -2.49. The van der Waals surface area contributed by atoms with E-state index in [1.165, 1.54) is 0 Å². The number of nitro benzene ring substituents is 2. The van der Waals surface area contributed by atoms with Crippen LogP contribution in [0.15, 0.2) is 18.2 Å². The molecule has 1 rings (SSSR count). The molecule has 0 aliphatic heterocycles. The number of carbonyl (C=O) groups is 2. The summed E-state index contributed by atoms with van der Waals surface area (Å²) in [6.07, 6.45) is 0.724. The van der Waals surface area contributed by atoms with Crippen LogP contribution in [-0.4, -0.2) is 34.2 Å². The number of nitrogens with one attached hydrogen (secondary N) is 2. The van der Waals surface area contributed by atoms with Crippen LogP contribution in [-0.2, 0) is 4.79 Å². The van der Waals surface area contributed by atoms with E-state index in [0.29, 0.717) is 6.54 Å². The Hall–Kier alpha value is -3.04. The highest BCUT2D eigenvalue weighted by Crippen LogP contribution is 2.22. The minimum Gasteiger partial charge on any atom is -0.354 e. The number of nitrogens with zero attached hydrogens (tertiary/aromatic N) is 2. The predicted molar refractivity (Wildman–Crippen MR) is 89.1 cm³/mol. The van der Waals surface area contributed by atoms with E-state index in [1.807, 2.05) is 6.92 Å². The minimum absolute atomic E-state index is 0.241. The van der Waals surface area contributed by atoms with Crippen molar-refractivity contribution in [3.8, 4) is 0 Å². The summed E-state index contributed by atoms with van der Waals surface area (Å²) in [7, 11) is 0. The van der Waals surface area contributed by atoms with Gasteiger partial charge in [-0.15, -0.1) is 0 Å². The topological polar surface area (TPSA) is 144 Å². The van der Waals surface area contributed by atoms with Gasteiger partial charge in [0.1, 0.15) is 6.04 Å². The first kappa shape index (κ1) is 20.0. The minimum atomic E-state index is -0.864. The van der Waals surface area contributed by atoms with E-state index < -0.39 is 33.2 Å². The summed E-state index contributed by atoms with van der Waals surface area (Å²) in [6, 6.07) is 1.77. The number of hydrogen-bond acceptors (Lipinski definition) is 6. The van der Waals surface area contributed by atoms with Crippen molar-refractivity contribution >= 4 is 23.2 Å². The molecule has 0 saturated carbocycles. The zero-order chi connectivity index (χ0) is 19.1. The number of non-ortho nitro benzene ring substituents is 2. The van der Waals surface area contributed by atoms with Crippen LogP contribution in [0, 0.1) is 26.1 Å². The predicted octanol–water partition coefficient (Wildman–Crippen LogP) is 1.78. The zero-order valence-corrected chi connectivity index (χ0v) is 14.1. The molecule has 0 fully saturated rings. The van der Waals surface area contributed by atoms with Gasteiger partial charge in [-0.25, -0.2) is 0 Å². The summed E-state index contributed by atoms with van der Waals surface area (Å²) < 4.78 is 0. The van der Waals surface area contributed by atoms with Crippen molar-refractivity contribution in [1.82, 2.24) is 10.6 Å². The van der Waals surface area contributed by atoms with Crippen LogP contribution >= 0.6 is 0 Å². The Labute approximate surface area is 143 Å².